The molecule has 130 valence electrons. The van der Waals surface area contributed by atoms with E-state index in [9.17, 15) is 19.1 Å². The standard InChI is InChI=1S/C17H16FN3O4/c1-9-8-25-16-13(21(9)17(23)24)7-11(14(20-16)15(19)22)6-10-2-4-12(18)5-3-10/h2-5,7,9H,6,8H2,1H3,(H2,19,22)(H,23,24)/t9-/m0/s1. The number of aromatic nitrogens is 1. The van der Waals surface area contributed by atoms with Crippen molar-refractivity contribution in [1.29, 1.82) is 0 Å². The molecule has 25 heavy (non-hydrogen) atoms. The summed E-state index contributed by atoms with van der Waals surface area (Å²) in [4.78, 5) is 28.6. The zero-order valence-corrected chi connectivity index (χ0v) is 13.4. The van der Waals surface area contributed by atoms with Gasteiger partial charge in [-0.1, -0.05) is 12.1 Å². The van der Waals surface area contributed by atoms with Crippen molar-refractivity contribution in [3.05, 3.63) is 53.0 Å². The van der Waals surface area contributed by atoms with Crippen molar-refractivity contribution < 1.29 is 23.8 Å². The van der Waals surface area contributed by atoms with E-state index in [0.717, 1.165) is 10.5 Å². The number of amides is 2. The number of pyridine rings is 1. The third-order valence-electron chi connectivity index (χ3n) is 3.96. The van der Waals surface area contributed by atoms with Gasteiger partial charge in [-0.05, 0) is 42.7 Å². The molecule has 8 heteroatoms. The summed E-state index contributed by atoms with van der Waals surface area (Å²) in [7, 11) is 0. The lowest BCUT2D eigenvalue weighted by molar-refractivity contribution is 0.0993. The molecule has 3 N–H and O–H groups in total. The zero-order valence-electron chi connectivity index (χ0n) is 13.4. The Balaban J connectivity index is 2.08. The highest BCUT2D eigenvalue weighted by atomic mass is 19.1. The topological polar surface area (TPSA) is 106 Å². The second kappa shape index (κ2) is 6.39. The van der Waals surface area contributed by atoms with Crippen LogP contribution in [-0.4, -0.2) is 34.7 Å². The summed E-state index contributed by atoms with van der Waals surface area (Å²) < 4.78 is 18.5. The second-order valence-corrected chi connectivity index (χ2v) is 5.80. The van der Waals surface area contributed by atoms with Crippen LogP contribution < -0.4 is 15.4 Å². The van der Waals surface area contributed by atoms with Crippen molar-refractivity contribution in [3.63, 3.8) is 0 Å². The van der Waals surface area contributed by atoms with E-state index in [4.69, 9.17) is 10.5 Å². The van der Waals surface area contributed by atoms with Gasteiger partial charge in [0.05, 0.1) is 6.04 Å². The molecule has 1 aromatic heterocycles. The molecule has 1 aromatic carbocycles. The number of carboxylic acid groups (broad SMARTS) is 1. The van der Waals surface area contributed by atoms with Gasteiger partial charge in [0, 0.05) is 0 Å². The molecule has 7 nitrogen and oxygen atoms in total. The molecule has 0 radical (unpaired) electrons. The number of benzene rings is 1. The summed E-state index contributed by atoms with van der Waals surface area (Å²) in [5.74, 6) is -1.07. The smallest absolute Gasteiger partial charge is 0.412 e. The van der Waals surface area contributed by atoms with Crippen LogP contribution in [0.2, 0.25) is 0 Å². The molecule has 0 aliphatic carbocycles. The number of hydrogen-bond acceptors (Lipinski definition) is 4. The highest BCUT2D eigenvalue weighted by molar-refractivity contribution is 5.95. The Labute approximate surface area is 142 Å². The molecule has 0 saturated heterocycles. The number of halogens is 1. The Kier molecular flexibility index (Phi) is 4.26. The first-order valence-corrected chi connectivity index (χ1v) is 7.60. The van der Waals surface area contributed by atoms with E-state index >= 15 is 0 Å². The zero-order chi connectivity index (χ0) is 18.1. The summed E-state index contributed by atoms with van der Waals surface area (Å²) in [5, 5.41) is 9.45. The summed E-state index contributed by atoms with van der Waals surface area (Å²) in [6.45, 7) is 1.83. The normalized spacial score (nSPS) is 16.1. The van der Waals surface area contributed by atoms with Gasteiger partial charge in [-0.15, -0.1) is 0 Å². The molecule has 3 rings (SSSR count). The van der Waals surface area contributed by atoms with Crippen LogP contribution in [-0.2, 0) is 6.42 Å². The van der Waals surface area contributed by atoms with Crippen LogP contribution in [0.4, 0.5) is 14.9 Å². The van der Waals surface area contributed by atoms with Crippen molar-refractivity contribution in [2.75, 3.05) is 11.5 Å². The van der Waals surface area contributed by atoms with Crippen LogP contribution in [0.3, 0.4) is 0 Å². The Morgan fingerprint density at radius 3 is 2.68 bits per heavy atom. The van der Waals surface area contributed by atoms with E-state index in [0.29, 0.717) is 5.56 Å². The third-order valence-corrected chi connectivity index (χ3v) is 3.96. The fraction of sp³-hybridized carbons (Fsp3) is 0.235. The SMILES string of the molecule is C[C@H]1COc2nc(C(N)=O)c(Cc3ccc(F)cc3)cc2N1C(=O)O. The minimum atomic E-state index is -1.14. The van der Waals surface area contributed by atoms with Crippen molar-refractivity contribution >= 4 is 17.7 Å². The minimum absolute atomic E-state index is 0.00275. The maximum Gasteiger partial charge on any atom is 0.412 e. The number of fused-ring (bicyclic) bond motifs is 1. The summed E-state index contributed by atoms with van der Waals surface area (Å²) in [5.41, 5.74) is 6.84. The lowest BCUT2D eigenvalue weighted by Gasteiger charge is -2.32. The van der Waals surface area contributed by atoms with Crippen LogP contribution in [0.25, 0.3) is 0 Å². The van der Waals surface area contributed by atoms with Crippen molar-refractivity contribution in [2.45, 2.75) is 19.4 Å². The highest BCUT2D eigenvalue weighted by Gasteiger charge is 2.32. The number of primary amides is 1. The number of anilines is 1. The second-order valence-electron chi connectivity index (χ2n) is 5.80. The van der Waals surface area contributed by atoms with Gasteiger partial charge < -0.3 is 15.6 Å². The van der Waals surface area contributed by atoms with Crippen LogP contribution in [0.1, 0.15) is 28.5 Å². The molecule has 0 saturated carbocycles. The fourth-order valence-corrected chi connectivity index (χ4v) is 2.78. The quantitative estimate of drug-likeness (QED) is 0.887. The molecule has 0 unspecified atom stereocenters. The number of nitrogens with zero attached hydrogens (tertiary/aromatic N) is 2. The van der Waals surface area contributed by atoms with Crippen LogP contribution >= 0.6 is 0 Å². The van der Waals surface area contributed by atoms with E-state index in [-0.39, 0.29) is 36.1 Å². The van der Waals surface area contributed by atoms with Crippen molar-refractivity contribution in [1.82, 2.24) is 4.98 Å². The molecule has 0 bridgehead atoms. The predicted molar refractivity (Wildman–Crippen MR) is 87.4 cm³/mol. The maximum absolute atomic E-state index is 13.1. The molecular formula is C17H16FN3O4. The van der Waals surface area contributed by atoms with E-state index in [1.54, 1.807) is 19.1 Å². The highest BCUT2D eigenvalue weighted by Crippen LogP contribution is 2.34. The molecule has 2 aromatic rings. The lowest BCUT2D eigenvalue weighted by atomic mass is 10.0. The molecule has 0 spiro atoms. The predicted octanol–water partition coefficient (Wildman–Crippen LogP) is 2.18. The number of carbonyl (C=O) groups excluding carboxylic acids is 1. The summed E-state index contributed by atoms with van der Waals surface area (Å²) >= 11 is 0. The Bertz CT molecular complexity index is 839. The first-order valence-electron chi connectivity index (χ1n) is 7.60. The average molecular weight is 345 g/mol. The number of ether oxygens (including phenoxy) is 1. The number of rotatable bonds is 3. The Hall–Kier alpha value is -3.16. The van der Waals surface area contributed by atoms with E-state index in [1.165, 1.54) is 18.2 Å². The van der Waals surface area contributed by atoms with Gasteiger partial charge in [0.2, 0.25) is 5.88 Å². The van der Waals surface area contributed by atoms with Crippen molar-refractivity contribution in [3.8, 4) is 5.88 Å². The van der Waals surface area contributed by atoms with E-state index in [1.807, 2.05) is 0 Å². The van der Waals surface area contributed by atoms with Gasteiger partial charge in [-0.3, -0.25) is 9.69 Å². The first kappa shape index (κ1) is 16.7. The van der Waals surface area contributed by atoms with Gasteiger partial charge in [-0.2, -0.15) is 0 Å². The van der Waals surface area contributed by atoms with E-state index < -0.39 is 18.0 Å². The van der Waals surface area contributed by atoms with E-state index in [2.05, 4.69) is 4.98 Å². The van der Waals surface area contributed by atoms with Gasteiger partial charge in [0.1, 0.15) is 23.8 Å². The molecule has 1 aliphatic heterocycles. The number of carbonyl (C=O) groups is 2. The van der Waals surface area contributed by atoms with Gasteiger partial charge in [0.15, 0.2) is 0 Å². The minimum Gasteiger partial charge on any atom is -0.474 e. The third kappa shape index (κ3) is 3.23. The molecule has 1 atom stereocenters. The van der Waals surface area contributed by atoms with Crippen LogP contribution in [0.5, 0.6) is 5.88 Å². The lowest BCUT2D eigenvalue weighted by Crippen LogP contribution is -2.44. The van der Waals surface area contributed by atoms with Crippen molar-refractivity contribution in [2.24, 2.45) is 5.73 Å². The van der Waals surface area contributed by atoms with Gasteiger partial charge >= 0.3 is 6.09 Å². The first-order chi connectivity index (χ1) is 11.9. The fourth-order valence-electron chi connectivity index (χ4n) is 2.78. The molecule has 2 heterocycles. The maximum atomic E-state index is 13.1. The molecule has 2 amide bonds. The molecular weight excluding hydrogens is 329 g/mol. The Morgan fingerprint density at radius 1 is 1.40 bits per heavy atom. The molecule has 0 fully saturated rings. The monoisotopic (exact) mass is 345 g/mol. The van der Waals surface area contributed by atoms with Gasteiger partial charge in [-0.25, -0.2) is 14.2 Å². The largest absolute Gasteiger partial charge is 0.474 e. The van der Waals surface area contributed by atoms with Crippen LogP contribution in [0.15, 0.2) is 30.3 Å². The van der Waals surface area contributed by atoms with Crippen LogP contribution in [0, 0.1) is 5.82 Å². The summed E-state index contributed by atoms with van der Waals surface area (Å²) in [6, 6.07) is 6.90. The number of hydrogen-bond donors (Lipinski definition) is 2. The van der Waals surface area contributed by atoms with Gasteiger partial charge in [0.25, 0.3) is 5.91 Å². The average Bonchev–Trinajstić information content (AvgIpc) is 2.55. The summed E-state index contributed by atoms with van der Waals surface area (Å²) in [6.07, 6.45) is -0.890. The Morgan fingerprint density at radius 2 is 2.08 bits per heavy atom. The number of nitrogens with two attached hydrogens (primary N) is 1. The molecule has 1 aliphatic rings.